The molecule has 8 rings (SSSR count). The Hall–Kier alpha value is -2.77. The molecule has 3 unspecified atom stereocenters. The summed E-state index contributed by atoms with van der Waals surface area (Å²) in [5.74, 6) is 1.46. The summed E-state index contributed by atoms with van der Waals surface area (Å²) in [6, 6.07) is 17.2. The van der Waals surface area contributed by atoms with E-state index in [1.165, 1.54) is 5.69 Å². The fourth-order valence-electron chi connectivity index (χ4n) is 7.94. The van der Waals surface area contributed by atoms with Crippen molar-refractivity contribution >= 4 is 28.8 Å². The minimum absolute atomic E-state index is 0.00855. The molecule has 2 aromatic carbocycles. The first-order chi connectivity index (χ1) is 17.6. The maximum Gasteiger partial charge on any atom is 0.322 e. The van der Waals surface area contributed by atoms with Crippen LogP contribution in [0.3, 0.4) is 0 Å². The number of urea groups is 1. The van der Waals surface area contributed by atoms with Crippen LogP contribution in [-0.4, -0.2) is 62.2 Å². The van der Waals surface area contributed by atoms with E-state index < -0.39 is 5.60 Å². The number of anilines is 4. The Morgan fingerprint density at radius 1 is 0.861 bits per heavy atom. The molecule has 4 bridgehead atoms. The van der Waals surface area contributed by atoms with Crippen molar-refractivity contribution in [3.05, 3.63) is 48.5 Å². The summed E-state index contributed by atoms with van der Waals surface area (Å²) in [6.07, 6.45) is 4.94. The van der Waals surface area contributed by atoms with Gasteiger partial charge in [0.1, 0.15) is 0 Å². The number of para-hydroxylation sites is 2. The van der Waals surface area contributed by atoms with E-state index in [1.54, 1.807) is 0 Å². The van der Waals surface area contributed by atoms with Crippen molar-refractivity contribution in [1.29, 1.82) is 0 Å². The van der Waals surface area contributed by atoms with Crippen molar-refractivity contribution in [3.8, 4) is 0 Å². The fourth-order valence-corrected chi connectivity index (χ4v) is 7.94. The van der Waals surface area contributed by atoms with Crippen molar-refractivity contribution in [2.45, 2.75) is 43.7 Å². The van der Waals surface area contributed by atoms with Crippen LogP contribution in [0, 0.1) is 17.8 Å². The molecular weight excluding hydrogens is 452 g/mol. The third-order valence-electron chi connectivity index (χ3n) is 9.32. The van der Waals surface area contributed by atoms with Gasteiger partial charge in [0.2, 0.25) is 0 Å². The molecule has 36 heavy (non-hydrogen) atoms. The summed E-state index contributed by atoms with van der Waals surface area (Å²) in [5.41, 5.74) is 3.92. The zero-order valence-electron chi connectivity index (χ0n) is 20.8. The molecule has 4 saturated carbocycles. The number of hydrogen-bond donors (Lipinski definition) is 2. The van der Waals surface area contributed by atoms with Gasteiger partial charge in [0.25, 0.3) is 0 Å². The first-order valence-electron chi connectivity index (χ1n) is 13.7. The molecule has 2 N–H and O–H groups in total. The second kappa shape index (κ2) is 8.67. The summed E-state index contributed by atoms with van der Waals surface area (Å²) in [5, 5.41) is 14.4. The van der Waals surface area contributed by atoms with Gasteiger partial charge < -0.3 is 25.0 Å². The molecule has 190 valence electrons. The van der Waals surface area contributed by atoms with E-state index in [9.17, 15) is 9.90 Å². The predicted octanol–water partition coefficient (Wildman–Crippen LogP) is 4.13. The Balaban J connectivity index is 1.09. The van der Waals surface area contributed by atoms with Crippen LogP contribution in [0.2, 0.25) is 0 Å². The highest BCUT2D eigenvalue weighted by Crippen LogP contribution is 2.55. The first-order valence-corrected chi connectivity index (χ1v) is 13.7. The summed E-state index contributed by atoms with van der Waals surface area (Å²) < 4.78 is 5.49. The molecule has 2 amide bonds. The summed E-state index contributed by atoms with van der Waals surface area (Å²) in [7, 11) is 0. The SMILES string of the molecule is O=C(NC1[C@@H]2CC3C[C@H]1CC(O)(C3)C2)N1CCN(c2ccc(N3CCOCC3)cc2)c2ccccc21. The van der Waals surface area contributed by atoms with Crippen molar-refractivity contribution in [2.75, 3.05) is 54.1 Å². The Labute approximate surface area is 213 Å². The number of fused-ring (bicyclic) bond motifs is 1. The van der Waals surface area contributed by atoms with Crippen LogP contribution in [0.15, 0.2) is 48.5 Å². The largest absolute Gasteiger partial charge is 0.390 e. The number of morpholine rings is 1. The van der Waals surface area contributed by atoms with Crippen LogP contribution >= 0.6 is 0 Å². The van der Waals surface area contributed by atoms with Gasteiger partial charge in [-0.2, -0.15) is 0 Å². The second-order valence-corrected chi connectivity index (χ2v) is 11.6. The molecular formula is C29H36N4O3. The number of ether oxygens (including phenoxy) is 1. The molecule has 0 spiro atoms. The maximum absolute atomic E-state index is 13.6. The number of carbonyl (C=O) groups is 1. The molecule has 5 fully saturated rings. The second-order valence-electron chi connectivity index (χ2n) is 11.6. The number of nitrogens with one attached hydrogen (secondary N) is 1. The van der Waals surface area contributed by atoms with Gasteiger partial charge in [-0.1, -0.05) is 12.1 Å². The van der Waals surface area contributed by atoms with E-state index in [0.717, 1.165) is 82.0 Å². The van der Waals surface area contributed by atoms with Crippen molar-refractivity contribution < 1.29 is 14.6 Å². The summed E-state index contributed by atoms with van der Waals surface area (Å²) >= 11 is 0. The highest BCUT2D eigenvalue weighted by Gasteiger charge is 2.55. The Bertz CT molecular complexity index is 1120. The summed E-state index contributed by atoms with van der Waals surface area (Å²) in [4.78, 5) is 20.2. The van der Waals surface area contributed by atoms with Crippen LogP contribution < -0.4 is 20.0 Å². The molecule has 6 aliphatic rings. The minimum Gasteiger partial charge on any atom is -0.390 e. The van der Waals surface area contributed by atoms with E-state index in [2.05, 4.69) is 51.5 Å². The third-order valence-corrected chi connectivity index (χ3v) is 9.32. The van der Waals surface area contributed by atoms with Gasteiger partial charge >= 0.3 is 6.03 Å². The van der Waals surface area contributed by atoms with E-state index in [4.69, 9.17) is 4.74 Å². The minimum atomic E-state index is -0.479. The standard InChI is InChI=1S/C29H36N4O3/c34-28(30-27-21-15-20-16-22(27)19-29(35,17-20)18-21)33-10-9-32(25-3-1-2-4-26(25)33)24-7-5-23(6-8-24)31-11-13-36-14-12-31/h1-8,20-22,27,35H,9-19H2,(H,30,34)/t20?,21-,22+,27?,29?. The van der Waals surface area contributed by atoms with Crippen LogP contribution in [0.1, 0.15) is 32.1 Å². The van der Waals surface area contributed by atoms with E-state index in [0.29, 0.717) is 24.3 Å². The number of aliphatic hydroxyl groups is 1. The van der Waals surface area contributed by atoms with E-state index in [1.807, 2.05) is 17.0 Å². The van der Waals surface area contributed by atoms with Gasteiger partial charge in [0.05, 0.1) is 30.2 Å². The lowest BCUT2D eigenvalue weighted by atomic mass is 9.52. The Morgan fingerprint density at radius 3 is 2.22 bits per heavy atom. The summed E-state index contributed by atoms with van der Waals surface area (Å²) in [6.45, 7) is 4.81. The number of amides is 2. The quantitative estimate of drug-likeness (QED) is 0.680. The number of nitrogens with zero attached hydrogens (tertiary/aromatic N) is 3. The topological polar surface area (TPSA) is 68.3 Å². The van der Waals surface area contributed by atoms with Gasteiger partial charge in [0.15, 0.2) is 0 Å². The predicted molar refractivity (Wildman–Crippen MR) is 141 cm³/mol. The molecule has 2 aliphatic heterocycles. The molecule has 2 aromatic rings. The zero-order chi connectivity index (χ0) is 24.3. The lowest BCUT2D eigenvalue weighted by molar-refractivity contribution is -0.136. The van der Waals surface area contributed by atoms with Gasteiger partial charge in [0, 0.05) is 43.6 Å². The van der Waals surface area contributed by atoms with Crippen molar-refractivity contribution in [1.82, 2.24) is 5.32 Å². The molecule has 2 heterocycles. The molecule has 1 saturated heterocycles. The monoisotopic (exact) mass is 488 g/mol. The van der Waals surface area contributed by atoms with Gasteiger partial charge in [-0.3, -0.25) is 4.90 Å². The first kappa shape index (κ1) is 22.4. The smallest absolute Gasteiger partial charge is 0.322 e. The Kier molecular flexibility index (Phi) is 5.40. The van der Waals surface area contributed by atoms with Gasteiger partial charge in [-0.15, -0.1) is 0 Å². The lowest BCUT2D eigenvalue weighted by Gasteiger charge is -2.58. The molecule has 0 radical (unpaired) electrons. The number of carbonyl (C=O) groups excluding carboxylic acids is 1. The van der Waals surface area contributed by atoms with Crippen molar-refractivity contribution in [2.24, 2.45) is 17.8 Å². The lowest BCUT2D eigenvalue weighted by Crippen LogP contribution is -2.63. The molecule has 4 aliphatic carbocycles. The zero-order valence-corrected chi connectivity index (χ0v) is 20.8. The van der Waals surface area contributed by atoms with Crippen LogP contribution in [-0.2, 0) is 4.74 Å². The van der Waals surface area contributed by atoms with Crippen LogP contribution in [0.25, 0.3) is 0 Å². The van der Waals surface area contributed by atoms with Gasteiger partial charge in [-0.05, 0) is 86.3 Å². The fraction of sp³-hybridized carbons (Fsp3) is 0.552. The van der Waals surface area contributed by atoms with Crippen molar-refractivity contribution in [3.63, 3.8) is 0 Å². The van der Waals surface area contributed by atoms with Gasteiger partial charge in [-0.25, -0.2) is 4.79 Å². The van der Waals surface area contributed by atoms with E-state index in [-0.39, 0.29) is 12.1 Å². The maximum atomic E-state index is 13.6. The normalized spacial score (nSPS) is 33.0. The highest BCUT2D eigenvalue weighted by molar-refractivity contribution is 5.98. The highest BCUT2D eigenvalue weighted by atomic mass is 16.5. The number of hydrogen-bond acceptors (Lipinski definition) is 5. The van der Waals surface area contributed by atoms with E-state index >= 15 is 0 Å². The average molecular weight is 489 g/mol. The average Bonchev–Trinajstić information content (AvgIpc) is 2.90. The van der Waals surface area contributed by atoms with Crippen LogP contribution in [0.4, 0.5) is 27.5 Å². The third kappa shape index (κ3) is 3.84. The Morgan fingerprint density at radius 2 is 1.53 bits per heavy atom. The molecule has 7 heteroatoms. The molecule has 7 nitrogen and oxygen atoms in total. The number of rotatable bonds is 3. The molecule has 0 aromatic heterocycles. The number of benzene rings is 2. The van der Waals surface area contributed by atoms with Crippen LogP contribution in [0.5, 0.6) is 0 Å². The molecule has 5 atom stereocenters.